The highest BCUT2D eigenvalue weighted by atomic mass is 19.1. The third-order valence-corrected chi connectivity index (χ3v) is 4.76. The number of anilines is 1. The van der Waals surface area contributed by atoms with Gasteiger partial charge in [0, 0.05) is 17.8 Å². The van der Waals surface area contributed by atoms with E-state index in [9.17, 15) is 13.9 Å². The smallest absolute Gasteiger partial charge is 0.204 e. The summed E-state index contributed by atoms with van der Waals surface area (Å²) in [5.74, 6) is -0.865. The lowest BCUT2D eigenvalue weighted by Crippen LogP contribution is -2.01. The van der Waals surface area contributed by atoms with Gasteiger partial charge in [0.2, 0.25) is 5.88 Å². The van der Waals surface area contributed by atoms with E-state index >= 15 is 0 Å². The van der Waals surface area contributed by atoms with Crippen molar-refractivity contribution in [3.05, 3.63) is 59.8 Å². The Balaban J connectivity index is 1.81. The third kappa shape index (κ3) is 3.24. The molecule has 0 aliphatic carbocycles. The van der Waals surface area contributed by atoms with Crippen LogP contribution in [-0.4, -0.2) is 33.9 Å². The average molecular weight is 412 g/mol. The maximum atomic E-state index is 14.1. The van der Waals surface area contributed by atoms with E-state index in [2.05, 4.69) is 9.97 Å². The van der Waals surface area contributed by atoms with Gasteiger partial charge in [-0.2, -0.15) is 0 Å². The molecule has 154 valence electrons. The number of hydrogen-bond donors (Lipinski definition) is 2. The maximum absolute atomic E-state index is 14.1. The zero-order chi connectivity index (χ0) is 21.4. The number of methoxy groups -OCH3 is 2. The lowest BCUT2D eigenvalue weighted by molar-refractivity contribution is 0.387. The zero-order valence-corrected chi connectivity index (χ0v) is 16.2. The molecule has 0 radical (unpaired) electrons. The average Bonchev–Trinajstić information content (AvgIpc) is 3.04. The van der Waals surface area contributed by atoms with Crippen LogP contribution in [0.3, 0.4) is 0 Å². The highest BCUT2D eigenvalue weighted by Gasteiger charge is 2.20. The largest absolute Gasteiger partial charge is 0.497 e. The molecule has 0 atom stereocenters. The molecule has 0 fully saturated rings. The summed E-state index contributed by atoms with van der Waals surface area (Å²) in [6.45, 7) is 0.234. The molecule has 0 saturated heterocycles. The summed E-state index contributed by atoms with van der Waals surface area (Å²) < 4.78 is 40.4. The molecule has 3 N–H and O–H groups in total. The Morgan fingerprint density at radius 1 is 1.07 bits per heavy atom. The quantitative estimate of drug-likeness (QED) is 0.519. The van der Waals surface area contributed by atoms with E-state index in [1.807, 2.05) is 0 Å². The molecule has 0 unspecified atom stereocenters. The normalized spacial score (nSPS) is 11.1. The van der Waals surface area contributed by atoms with Crippen LogP contribution < -0.4 is 15.2 Å². The number of nitrogens with two attached hydrogens (primary N) is 1. The van der Waals surface area contributed by atoms with Crippen molar-refractivity contribution >= 4 is 16.7 Å². The van der Waals surface area contributed by atoms with Crippen LogP contribution in [-0.2, 0) is 6.54 Å². The number of aromatic hydroxyl groups is 1. The predicted octanol–water partition coefficient (Wildman–Crippen LogP) is 3.73. The van der Waals surface area contributed by atoms with Crippen molar-refractivity contribution in [3.8, 4) is 28.8 Å². The van der Waals surface area contributed by atoms with E-state index in [-0.39, 0.29) is 40.5 Å². The number of fused-ring (bicyclic) bond motifs is 1. The van der Waals surface area contributed by atoms with Gasteiger partial charge in [0.25, 0.3) is 0 Å². The van der Waals surface area contributed by atoms with Crippen LogP contribution in [0.25, 0.3) is 22.3 Å². The van der Waals surface area contributed by atoms with Crippen molar-refractivity contribution in [1.29, 1.82) is 0 Å². The number of ether oxygens (including phenoxy) is 2. The molecule has 7 nitrogen and oxygen atoms in total. The minimum Gasteiger partial charge on any atom is -0.497 e. The van der Waals surface area contributed by atoms with Crippen molar-refractivity contribution in [2.45, 2.75) is 6.54 Å². The van der Waals surface area contributed by atoms with Gasteiger partial charge >= 0.3 is 0 Å². The monoisotopic (exact) mass is 412 g/mol. The third-order valence-electron chi connectivity index (χ3n) is 4.76. The molecular formula is C21H18F2N4O3. The summed E-state index contributed by atoms with van der Waals surface area (Å²) in [7, 11) is 3.08. The molecule has 2 heterocycles. The van der Waals surface area contributed by atoms with Gasteiger partial charge in [-0.1, -0.05) is 6.07 Å². The first kappa shape index (κ1) is 19.4. The summed E-state index contributed by atoms with van der Waals surface area (Å²) in [5.41, 5.74) is 6.63. The van der Waals surface area contributed by atoms with Gasteiger partial charge in [-0.25, -0.2) is 18.7 Å². The number of benzene rings is 2. The van der Waals surface area contributed by atoms with Crippen molar-refractivity contribution in [3.63, 3.8) is 0 Å². The first-order valence-electron chi connectivity index (χ1n) is 8.93. The Bertz CT molecular complexity index is 1240. The zero-order valence-electron chi connectivity index (χ0n) is 16.2. The Hall–Kier alpha value is -3.88. The van der Waals surface area contributed by atoms with Gasteiger partial charge in [-0.15, -0.1) is 0 Å². The molecular weight excluding hydrogens is 394 g/mol. The minimum atomic E-state index is -0.805. The van der Waals surface area contributed by atoms with Crippen LogP contribution >= 0.6 is 0 Å². The molecule has 2 aromatic carbocycles. The molecule has 9 heteroatoms. The van der Waals surface area contributed by atoms with Crippen molar-refractivity contribution < 1.29 is 23.4 Å². The molecule has 4 rings (SSSR count). The summed E-state index contributed by atoms with van der Waals surface area (Å²) in [4.78, 5) is 8.22. The minimum absolute atomic E-state index is 0.0874. The highest BCUT2D eigenvalue weighted by Crippen LogP contribution is 2.35. The molecule has 0 amide bonds. The Morgan fingerprint density at radius 2 is 1.80 bits per heavy atom. The van der Waals surface area contributed by atoms with E-state index in [1.165, 1.54) is 23.9 Å². The number of nitrogens with zero attached hydrogens (tertiary/aromatic N) is 3. The maximum Gasteiger partial charge on any atom is 0.204 e. The fraction of sp³-hybridized carbons (Fsp3) is 0.143. The molecule has 0 spiro atoms. The lowest BCUT2D eigenvalue weighted by Gasteiger charge is -2.11. The van der Waals surface area contributed by atoms with Gasteiger partial charge in [-0.3, -0.25) is 0 Å². The van der Waals surface area contributed by atoms with Crippen LogP contribution in [0.1, 0.15) is 5.56 Å². The van der Waals surface area contributed by atoms with Crippen LogP contribution in [0.5, 0.6) is 17.4 Å². The molecule has 2 aromatic heterocycles. The number of halogens is 2. The highest BCUT2D eigenvalue weighted by molar-refractivity contribution is 5.94. The van der Waals surface area contributed by atoms with E-state index in [0.29, 0.717) is 11.5 Å². The first-order valence-corrected chi connectivity index (χ1v) is 8.93. The Morgan fingerprint density at radius 3 is 2.47 bits per heavy atom. The second kappa shape index (κ2) is 7.51. The fourth-order valence-corrected chi connectivity index (χ4v) is 3.28. The molecule has 0 saturated carbocycles. The van der Waals surface area contributed by atoms with Crippen molar-refractivity contribution in [2.75, 3.05) is 20.0 Å². The molecule has 0 aliphatic heterocycles. The van der Waals surface area contributed by atoms with E-state index < -0.39 is 11.6 Å². The van der Waals surface area contributed by atoms with Crippen molar-refractivity contribution in [2.24, 2.45) is 0 Å². The predicted molar refractivity (Wildman–Crippen MR) is 108 cm³/mol. The van der Waals surface area contributed by atoms with Gasteiger partial charge in [0.15, 0.2) is 5.82 Å². The van der Waals surface area contributed by atoms with Gasteiger partial charge in [0.1, 0.15) is 34.3 Å². The summed E-state index contributed by atoms with van der Waals surface area (Å²) in [5, 5.41) is 10.9. The number of hydrogen-bond acceptors (Lipinski definition) is 6. The van der Waals surface area contributed by atoms with Gasteiger partial charge in [-0.05, 0) is 24.3 Å². The number of rotatable bonds is 5. The summed E-state index contributed by atoms with van der Waals surface area (Å²) in [6.07, 6.45) is 1.54. The molecule has 0 bridgehead atoms. The molecule has 30 heavy (non-hydrogen) atoms. The molecule has 4 aromatic rings. The first-order chi connectivity index (χ1) is 14.4. The Labute approximate surface area is 170 Å². The standard InChI is InChI=1S/C21H18F2N4O3/c1-29-12-7-6-11(16(8-12)30-2)9-27-10-15-18(21(27)28)19(24)26-20(25-15)17-13(22)4-3-5-14(17)23/h3-8,10,28H,9H2,1-2H3,(H2,24,25,26). The number of nitrogen functional groups attached to an aromatic ring is 1. The second-order valence-corrected chi connectivity index (χ2v) is 6.55. The SMILES string of the molecule is COc1ccc(Cn2cc3nc(-c4c(F)cccc4F)nc(N)c3c2O)c(OC)c1. The van der Waals surface area contributed by atoms with E-state index in [4.69, 9.17) is 15.2 Å². The van der Waals surface area contributed by atoms with E-state index in [1.54, 1.807) is 25.3 Å². The van der Waals surface area contributed by atoms with E-state index in [0.717, 1.165) is 17.7 Å². The fourth-order valence-electron chi connectivity index (χ4n) is 3.28. The van der Waals surface area contributed by atoms with Crippen LogP contribution in [0.2, 0.25) is 0 Å². The Kier molecular flexibility index (Phi) is 4.86. The van der Waals surface area contributed by atoms with Crippen LogP contribution in [0, 0.1) is 11.6 Å². The number of aromatic nitrogens is 3. The van der Waals surface area contributed by atoms with Crippen LogP contribution in [0.15, 0.2) is 42.6 Å². The summed E-state index contributed by atoms with van der Waals surface area (Å²) >= 11 is 0. The topological polar surface area (TPSA) is 95.4 Å². The van der Waals surface area contributed by atoms with Crippen LogP contribution in [0.4, 0.5) is 14.6 Å². The second-order valence-electron chi connectivity index (χ2n) is 6.55. The summed E-state index contributed by atoms with van der Waals surface area (Å²) in [6, 6.07) is 8.77. The van der Waals surface area contributed by atoms with Gasteiger partial charge in [0.05, 0.1) is 31.8 Å². The molecule has 0 aliphatic rings. The lowest BCUT2D eigenvalue weighted by atomic mass is 10.2. The van der Waals surface area contributed by atoms with Crippen molar-refractivity contribution in [1.82, 2.24) is 14.5 Å². The van der Waals surface area contributed by atoms with Gasteiger partial charge < -0.3 is 24.9 Å².